The van der Waals surface area contributed by atoms with Crippen LogP contribution >= 0.6 is 11.3 Å². The van der Waals surface area contributed by atoms with Crippen LogP contribution in [0.2, 0.25) is 0 Å². The number of benzene rings is 1. The largest absolute Gasteiger partial charge is 0.272 e. The Balaban J connectivity index is 2.07. The quantitative estimate of drug-likeness (QED) is 0.634. The van der Waals surface area contributed by atoms with Crippen molar-refractivity contribution in [2.45, 2.75) is 47.6 Å². The van der Waals surface area contributed by atoms with Crippen LogP contribution in [0.4, 0.5) is 0 Å². The minimum Gasteiger partial charge on any atom is -0.272 e. The third kappa shape index (κ3) is 2.53. The van der Waals surface area contributed by atoms with Gasteiger partial charge in [0.05, 0.1) is 5.71 Å². The number of aliphatic imine (C=N–C) groups is 1. The number of aryl methyl sites for hydroxylation is 3. The van der Waals surface area contributed by atoms with Crippen molar-refractivity contribution < 1.29 is 0 Å². The van der Waals surface area contributed by atoms with E-state index in [1.54, 1.807) is 0 Å². The van der Waals surface area contributed by atoms with Gasteiger partial charge in [0.2, 0.25) is 0 Å². The van der Waals surface area contributed by atoms with E-state index in [2.05, 4.69) is 73.6 Å². The van der Waals surface area contributed by atoms with E-state index in [0.29, 0.717) is 5.92 Å². The highest BCUT2D eigenvalue weighted by Crippen LogP contribution is 2.40. The summed E-state index contributed by atoms with van der Waals surface area (Å²) < 4.78 is 2.22. The number of thiophene rings is 1. The molecule has 3 aromatic rings. The molecule has 134 valence electrons. The number of hydrogen-bond acceptors (Lipinski definition) is 4. The second-order valence-electron chi connectivity index (χ2n) is 7.44. The van der Waals surface area contributed by atoms with Crippen LogP contribution in [-0.4, -0.2) is 20.5 Å². The monoisotopic (exact) mass is 364 g/mol. The smallest absolute Gasteiger partial charge is 0.163 e. The fourth-order valence-corrected chi connectivity index (χ4v) is 4.72. The summed E-state index contributed by atoms with van der Waals surface area (Å²) >= 11 is 1.81. The van der Waals surface area contributed by atoms with Crippen molar-refractivity contribution in [2.24, 2.45) is 10.9 Å². The zero-order chi connectivity index (χ0) is 18.6. The highest BCUT2D eigenvalue weighted by molar-refractivity contribution is 7.15. The van der Waals surface area contributed by atoms with Crippen molar-refractivity contribution in [1.82, 2.24) is 14.8 Å². The Kier molecular flexibility index (Phi) is 4.07. The van der Waals surface area contributed by atoms with E-state index in [9.17, 15) is 0 Å². The van der Waals surface area contributed by atoms with Gasteiger partial charge in [0, 0.05) is 16.0 Å². The lowest BCUT2D eigenvalue weighted by atomic mass is 9.98. The third-order valence-corrected chi connectivity index (χ3v) is 6.34. The van der Waals surface area contributed by atoms with Gasteiger partial charge in [-0.05, 0) is 39.2 Å². The van der Waals surface area contributed by atoms with Crippen molar-refractivity contribution in [3.8, 4) is 5.00 Å². The predicted molar refractivity (Wildman–Crippen MR) is 108 cm³/mol. The van der Waals surface area contributed by atoms with Gasteiger partial charge in [-0.25, -0.2) is 0 Å². The Labute approximate surface area is 158 Å². The molecule has 0 N–H and O–H groups in total. The van der Waals surface area contributed by atoms with Crippen molar-refractivity contribution in [1.29, 1.82) is 0 Å². The SMILES string of the molecule is Cc1ccc(C2=NC(C(C)C)c3nnc(C)n3-c3sc(C)c(C)c32)cc1. The van der Waals surface area contributed by atoms with E-state index in [4.69, 9.17) is 4.99 Å². The summed E-state index contributed by atoms with van der Waals surface area (Å²) in [7, 11) is 0. The molecule has 0 aliphatic carbocycles. The summed E-state index contributed by atoms with van der Waals surface area (Å²) in [6.45, 7) is 12.9. The molecule has 0 spiro atoms. The molecular weight excluding hydrogens is 340 g/mol. The van der Waals surface area contributed by atoms with Gasteiger partial charge >= 0.3 is 0 Å². The fraction of sp³-hybridized carbons (Fsp3) is 0.381. The molecule has 0 fully saturated rings. The van der Waals surface area contributed by atoms with Crippen LogP contribution in [-0.2, 0) is 0 Å². The van der Waals surface area contributed by atoms with Crippen LogP contribution in [0.1, 0.15) is 58.7 Å². The first-order valence-corrected chi connectivity index (χ1v) is 9.87. The van der Waals surface area contributed by atoms with Gasteiger partial charge in [-0.3, -0.25) is 9.56 Å². The molecule has 2 aromatic heterocycles. The Hall–Kier alpha value is -2.27. The van der Waals surface area contributed by atoms with Crippen molar-refractivity contribution in [2.75, 3.05) is 0 Å². The van der Waals surface area contributed by atoms with E-state index in [1.807, 2.05) is 18.3 Å². The first-order valence-electron chi connectivity index (χ1n) is 9.06. The summed E-state index contributed by atoms with van der Waals surface area (Å²) in [5.41, 5.74) is 6.02. The number of fused-ring (bicyclic) bond motifs is 3. The number of hydrogen-bond donors (Lipinski definition) is 0. The molecule has 1 aromatic carbocycles. The molecule has 0 saturated heterocycles. The lowest BCUT2D eigenvalue weighted by Crippen LogP contribution is -2.11. The maximum Gasteiger partial charge on any atom is 0.163 e. The Bertz CT molecular complexity index is 1010. The summed E-state index contributed by atoms with van der Waals surface area (Å²) in [6.07, 6.45) is 0. The molecule has 0 amide bonds. The van der Waals surface area contributed by atoms with Crippen LogP contribution in [0.15, 0.2) is 29.3 Å². The van der Waals surface area contributed by atoms with Crippen molar-refractivity contribution in [3.05, 3.63) is 63.0 Å². The molecular formula is C21H24N4S. The normalized spacial score (nSPS) is 16.3. The average molecular weight is 365 g/mol. The first-order chi connectivity index (χ1) is 12.4. The third-order valence-electron chi connectivity index (χ3n) is 5.15. The predicted octanol–water partition coefficient (Wildman–Crippen LogP) is 5.11. The zero-order valence-corrected chi connectivity index (χ0v) is 17.0. The van der Waals surface area contributed by atoms with Crippen LogP contribution in [0.5, 0.6) is 0 Å². The Morgan fingerprint density at radius 2 is 1.69 bits per heavy atom. The molecule has 0 radical (unpaired) electrons. The lowest BCUT2D eigenvalue weighted by Gasteiger charge is -2.16. The van der Waals surface area contributed by atoms with Gasteiger partial charge in [-0.1, -0.05) is 43.7 Å². The minimum atomic E-state index is -0.00758. The van der Waals surface area contributed by atoms with Gasteiger partial charge in [-0.15, -0.1) is 21.5 Å². The molecule has 26 heavy (non-hydrogen) atoms. The topological polar surface area (TPSA) is 43.1 Å². The van der Waals surface area contributed by atoms with Crippen LogP contribution in [0.3, 0.4) is 0 Å². The number of rotatable bonds is 2. The number of aromatic nitrogens is 3. The maximum atomic E-state index is 5.25. The standard InChI is InChI=1S/C21H24N4S/c1-11(2)18-20-24-23-15(6)25(20)21-17(13(4)14(5)26-21)19(22-18)16-9-7-12(3)8-10-16/h7-11,18H,1-6H3. The van der Waals surface area contributed by atoms with Gasteiger partial charge in [0.15, 0.2) is 5.82 Å². The molecule has 5 heteroatoms. The molecule has 1 unspecified atom stereocenters. The average Bonchev–Trinajstić information content (AvgIpc) is 3.05. The number of nitrogens with zero attached hydrogens (tertiary/aromatic N) is 4. The zero-order valence-electron chi connectivity index (χ0n) is 16.2. The van der Waals surface area contributed by atoms with E-state index >= 15 is 0 Å². The molecule has 4 rings (SSSR count). The van der Waals surface area contributed by atoms with Crippen molar-refractivity contribution >= 4 is 17.0 Å². The molecule has 0 bridgehead atoms. The van der Waals surface area contributed by atoms with Gasteiger partial charge in [0.25, 0.3) is 0 Å². The summed E-state index contributed by atoms with van der Waals surface area (Å²) in [5.74, 6) is 2.21. The van der Waals surface area contributed by atoms with Gasteiger partial charge in [0.1, 0.15) is 16.9 Å². The highest BCUT2D eigenvalue weighted by Gasteiger charge is 2.32. The van der Waals surface area contributed by atoms with Crippen LogP contribution < -0.4 is 0 Å². The van der Waals surface area contributed by atoms with E-state index in [1.165, 1.54) is 32.1 Å². The second kappa shape index (κ2) is 6.16. The summed E-state index contributed by atoms with van der Waals surface area (Å²) in [6, 6.07) is 8.67. The lowest BCUT2D eigenvalue weighted by molar-refractivity contribution is 0.488. The van der Waals surface area contributed by atoms with E-state index in [0.717, 1.165) is 17.4 Å². The second-order valence-corrected chi connectivity index (χ2v) is 8.64. The first kappa shape index (κ1) is 17.2. The summed E-state index contributed by atoms with van der Waals surface area (Å²) in [4.78, 5) is 6.56. The molecule has 1 atom stereocenters. The van der Waals surface area contributed by atoms with E-state index < -0.39 is 0 Å². The van der Waals surface area contributed by atoms with E-state index in [-0.39, 0.29) is 6.04 Å². The Morgan fingerprint density at radius 3 is 2.35 bits per heavy atom. The summed E-state index contributed by atoms with van der Waals surface area (Å²) in [5, 5.41) is 10.1. The highest BCUT2D eigenvalue weighted by atomic mass is 32.1. The van der Waals surface area contributed by atoms with Crippen LogP contribution in [0.25, 0.3) is 5.00 Å². The molecule has 0 saturated carbocycles. The molecule has 3 heterocycles. The Morgan fingerprint density at radius 1 is 1.00 bits per heavy atom. The van der Waals surface area contributed by atoms with Gasteiger partial charge in [-0.2, -0.15) is 0 Å². The molecule has 1 aliphatic rings. The van der Waals surface area contributed by atoms with Gasteiger partial charge < -0.3 is 0 Å². The molecule has 1 aliphatic heterocycles. The van der Waals surface area contributed by atoms with Crippen molar-refractivity contribution in [3.63, 3.8) is 0 Å². The molecule has 4 nitrogen and oxygen atoms in total. The fourth-order valence-electron chi connectivity index (χ4n) is 3.51. The maximum absolute atomic E-state index is 5.25. The van der Waals surface area contributed by atoms with Crippen LogP contribution in [0, 0.1) is 33.6 Å². The minimum absolute atomic E-state index is 0.00758.